The summed E-state index contributed by atoms with van der Waals surface area (Å²) in [4.78, 5) is 1.03. The Hall–Kier alpha value is -0.430. The highest BCUT2D eigenvalue weighted by molar-refractivity contribution is 7.91. The number of sulfonamides is 1. The summed E-state index contributed by atoms with van der Waals surface area (Å²) in [7, 11) is -1.61. The first-order valence-corrected chi connectivity index (χ1v) is 8.49. The average Bonchev–Trinajstić information content (AvgIpc) is 2.78. The lowest BCUT2D eigenvalue weighted by Gasteiger charge is -2.26. The Morgan fingerprint density at radius 1 is 1.50 bits per heavy atom. The van der Waals surface area contributed by atoms with E-state index in [0.717, 1.165) is 30.8 Å². The van der Waals surface area contributed by atoms with E-state index in [1.165, 1.54) is 15.6 Å². The van der Waals surface area contributed by atoms with Gasteiger partial charge in [-0.15, -0.1) is 11.3 Å². The number of hydrogen-bond donors (Lipinski definition) is 1. The largest absolute Gasteiger partial charge is 0.316 e. The van der Waals surface area contributed by atoms with Crippen LogP contribution >= 0.6 is 11.3 Å². The van der Waals surface area contributed by atoms with Crippen molar-refractivity contribution in [1.29, 1.82) is 0 Å². The van der Waals surface area contributed by atoms with Crippen LogP contribution < -0.4 is 5.32 Å². The molecule has 1 unspecified atom stereocenters. The average molecular weight is 288 g/mol. The number of piperidine rings is 1. The van der Waals surface area contributed by atoms with Gasteiger partial charge in [0.25, 0.3) is 10.0 Å². The molecule has 1 atom stereocenters. The third-order valence-corrected chi connectivity index (χ3v) is 6.59. The molecular formula is C12H20N2O2S2. The lowest BCUT2D eigenvalue weighted by Crippen LogP contribution is -2.38. The molecule has 0 spiro atoms. The minimum Gasteiger partial charge on any atom is -0.316 e. The maximum absolute atomic E-state index is 12.3. The molecule has 0 bridgehead atoms. The minimum absolute atomic E-state index is 0.430. The molecule has 0 saturated carbocycles. The molecule has 4 nitrogen and oxygen atoms in total. The van der Waals surface area contributed by atoms with Crippen LogP contribution in [0, 0.1) is 12.8 Å². The summed E-state index contributed by atoms with van der Waals surface area (Å²) >= 11 is 1.34. The van der Waals surface area contributed by atoms with Crippen molar-refractivity contribution in [3.63, 3.8) is 0 Å². The van der Waals surface area contributed by atoms with Gasteiger partial charge in [-0.2, -0.15) is 4.31 Å². The monoisotopic (exact) mass is 288 g/mol. The van der Waals surface area contributed by atoms with Crippen LogP contribution in [-0.2, 0) is 10.0 Å². The van der Waals surface area contributed by atoms with Gasteiger partial charge in [0.2, 0.25) is 0 Å². The molecule has 2 heterocycles. The third kappa shape index (κ3) is 3.12. The van der Waals surface area contributed by atoms with E-state index in [4.69, 9.17) is 0 Å². The molecular weight excluding hydrogens is 268 g/mol. The first-order valence-electron chi connectivity index (χ1n) is 6.23. The van der Waals surface area contributed by atoms with Gasteiger partial charge >= 0.3 is 0 Å². The van der Waals surface area contributed by atoms with E-state index in [1.54, 1.807) is 13.1 Å². The van der Waals surface area contributed by atoms with Crippen LogP contribution in [-0.4, -0.2) is 39.4 Å². The Bertz CT molecular complexity index is 490. The number of nitrogens with zero attached hydrogens (tertiary/aromatic N) is 1. The second-order valence-electron chi connectivity index (χ2n) is 4.86. The molecule has 18 heavy (non-hydrogen) atoms. The molecule has 1 N–H and O–H groups in total. The van der Waals surface area contributed by atoms with Crippen molar-refractivity contribution in [2.75, 3.05) is 26.7 Å². The normalized spacial score (nSPS) is 21.4. The van der Waals surface area contributed by atoms with E-state index >= 15 is 0 Å². The molecule has 2 rings (SSSR count). The fourth-order valence-corrected chi connectivity index (χ4v) is 4.99. The van der Waals surface area contributed by atoms with E-state index in [9.17, 15) is 8.42 Å². The summed E-state index contributed by atoms with van der Waals surface area (Å²) in [5, 5.41) is 3.32. The molecule has 0 amide bonds. The van der Waals surface area contributed by atoms with Crippen molar-refractivity contribution in [3.8, 4) is 0 Å². The number of nitrogens with one attached hydrogen (secondary N) is 1. The molecule has 1 saturated heterocycles. The van der Waals surface area contributed by atoms with Gasteiger partial charge in [0.1, 0.15) is 4.21 Å². The van der Waals surface area contributed by atoms with Gasteiger partial charge < -0.3 is 5.32 Å². The Balaban J connectivity index is 2.05. The van der Waals surface area contributed by atoms with Crippen LogP contribution in [0.1, 0.15) is 17.7 Å². The van der Waals surface area contributed by atoms with Crippen molar-refractivity contribution in [2.45, 2.75) is 24.0 Å². The molecule has 1 aromatic heterocycles. The second-order valence-corrected chi connectivity index (χ2v) is 8.42. The van der Waals surface area contributed by atoms with Crippen molar-refractivity contribution < 1.29 is 8.42 Å². The van der Waals surface area contributed by atoms with Crippen molar-refractivity contribution in [1.82, 2.24) is 9.62 Å². The molecule has 6 heteroatoms. The summed E-state index contributed by atoms with van der Waals surface area (Å²) in [6, 6.07) is 3.55. The zero-order valence-corrected chi connectivity index (χ0v) is 12.5. The topological polar surface area (TPSA) is 49.4 Å². The van der Waals surface area contributed by atoms with E-state index < -0.39 is 10.0 Å². The first kappa shape index (κ1) is 14.0. The fourth-order valence-electron chi connectivity index (χ4n) is 2.25. The number of aryl methyl sites for hydroxylation is 1. The molecule has 1 aliphatic rings. The number of thiophene rings is 1. The van der Waals surface area contributed by atoms with Crippen LogP contribution in [0.3, 0.4) is 0 Å². The zero-order chi connectivity index (χ0) is 13.2. The van der Waals surface area contributed by atoms with Gasteiger partial charge in [-0.3, -0.25) is 0 Å². The van der Waals surface area contributed by atoms with E-state index in [2.05, 4.69) is 5.32 Å². The summed E-state index contributed by atoms with van der Waals surface area (Å²) in [6.45, 7) is 4.50. The van der Waals surface area contributed by atoms with Gasteiger partial charge in [-0.1, -0.05) is 0 Å². The van der Waals surface area contributed by atoms with Gasteiger partial charge in [-0.05, 0) is 50.9 Å². The predicted molar refractivity (Wildman–Crippen MR) is 74.5 cm³/mol. The van der Waals surface area contributed by atoms with Crippen LogP contribution in [0.15, 0.2) is 16.3 Å². The Morgan fingerprint density at radius 3 is 2.83 bits per heavy atom. The zero-order valence-electron chi connectivity index (χ0n) is 10.8. The molecule has 0 aliphatic carbocycles. The maximum atomic E-state index is 12.3. The van der Waals surface area contributed by atoms with Crippen LogP contribution in [0.2, 0.25) is 0 Å². The number of rotatable bonds is 4. The smallest absolute Gasteiger partial charge is 0.252 e. The van der Waals surface area contributed by atoms with Crippen molar-refractivity contribution in [3.05, 3.63) is 17.0 Å². The number of hydrogen-bond acceptors (Lipinski definition) is 4. The Labute approximate surface area is 113 Å². The van der Waals surface area contributed by atoms with Crippen LogP contribution in [0.5, 0.6) is 0 Å². The van der Waals surface area contributed by atoms with Crippen LogP contribution in [0.4, 0.5) is 0 Å². The molecule has 1 aromatic rings. The third-order valence-electron chi connectivity index (χ3n) is 3.29. The summed E-state index contributed by atoms with van der Waals surface area (Å²) in [6.07, 6.45) is 2.24. The van der Waals surface area contributed by atoms with Gasteiger partial charge in [0.15, 0.2) is 0 Å². The van der Waals surface area contributed by atoms with Crippen molar-refractivity contribution >= 4 is 21.4 Å². The second kappa shape index (κ2) is 5.69. The maximum Gasteiger partial charge on any atom is 0.252 e. The highest BCUT2D eigenvalue weighted by Crippen LogP contribution is 2.24. The molecule has 1 fully saturated rings. The lowest BCUT2D eigenvalue weighted by molar-refractivity contribution is 0.315. The molecule has 0 aromatic carbocycles. The SMILES string of the molecule is Cc1ccc(S(=O)(=O)N(C)CC2CCCNC2)s1. The van der Waals surface area contributed by atoms with E-state index in [-0.39, 0.29) is 0 Å². The quantitative estimate of drug-likeness (QED) is 0.917. The van der Waals surface area contributed by atoms with Gasteiger partial charge in [0, 0.05) is 18.5 Å². The summed E-state index contributed by atoms with van der Waals surface area (Å²) in [5.74, 6) is 0.430. The van der Waals surface area contributed by atoms with E-state index in [1.807, 2.05) is 13.0 Å². The standard InChI is InChI=1S/C12H20N2O2S2/c1-10-5-6-12(17-10)18(15,16)14(2)9-11-4-3-7-13-8-11/h5-6,11,13H,3-4,7-9H2,1-2H3. The first-order chi connectivity index (χ1) is 8.50. The highest BCUT2D eigenvalue weighted by atomic mass is 32.2. The molecule has 102 valence electrons. The van der Waals surface area contributed by atoms with E-state index in [0.29, 0.717) is 16.7 Å². The highest BCUT2D eigenvalue weighted by Gasteiger charge is 2.25. The molecule has 0 radical (unpaired) electrons. The Kier molecular flexibility index (Phi) is 4.42. The van der Waals surface area contributed by atoms with Gasteiger partial charge in [0.05, 0.1) is 0 Å². The predicted octanol–water partition coefficient (Wildman–Crippen LogP) is 1.68. The van der Waals surface area contributed by atoms with Gasteiger partial charge in [-0.25, -0.2) is 8.42 Å². The molecule has 1 aliphatic heterocycles. The van der Waals surface area contributed by atoms with Crippen LogP contribution in [0.25, 0.3) is 0 Å². The minimum atomic E-state index is -3.29. The summed E-state index contributed by atoms with van der Waals surface area (Å²) < 4.78 is 26.6. The fraction of sp³-hybridized carbons (Fsp3) is 0.667. The lowest BCUT2D eigenvalue weighted by atomic mass is 10.00. The van der Waals surface area contributed by atoms with Crippen molar-refractivity contribution in [2.24, 2.45) is 5.92 Å². The Morgan fingerprint density at radius 2 is 2.28 bits per heavy atom. The summed E-state index contributed by atoms with van der Waals surface area (Å²) in [5.41, 5.74) is 0.